The van der Waals surface area contributed by atoms with Crippen LogP contribution in [0.2, 0.25) is 0 Å². The van der Waals surface area contributed by atoms with Crippen LogP contribution in [0.4, 0.5) is 11.9 Å². The van der Waals surface area contributed by atoms with Crippen molar-refractivity contribution in [3.8, 4) is 5.69 Å². The van der Waals surface area contributed by atoms with Crippen LogP contribution in [0.25, 0.3) is 5.69 Å². The van der Waals surface area contributed by atoms with Gasteiger partial charge in [-0.1, -0.05) is 12.1 Å². The zero-order chi connectivity index (χ0) is 14.0. The summed E-state index contributed by atoms with van der Waals surface area (Å²) in [5.74, 6) is 1.11. The summed E-state index contributed by atoms with van der Waals surface area (Å²) in [5.41, 5.74) is 9.30. The fourth-order valence-corrected chi connectivity index (χ4v) is 2.08. The summed E-state index contributed by atoms with van der Waals surface area (Å²) in [6.07, 6.45) is 0. The Bertz CT molecular complexity index is 569. The average Bonchev–Trinajstić information content (AvgIpc) is 2.76. The van der Waals surface area contributed by atoms with Crippen LogP contribution in [0.15, 0.2) is 18.2 Å². The van der Waals surface area contributed by atoms with Crippen LogP contribution < -0.4 is 10.6 Å². The first kappa shape index (κ1) is 13.4. The van der Waals surface area contributed by atoms with E-state index < -0.39 is 0 Å². The third-order valence-electron chi connectivity index (χ3n) is 3.26. The number of anilines is 2. The third kappa shape index (κ3) is 2.54. The van der Waals surface area contributed by atoms with Gasteiger partial charge in [0, 0.05) is 13.1 Å². The van der Waals surface area contributed by atoms with Gasteiger partial charge in [-0.2, -0.15) is 9.67 Å². The molecule has 0 saturated carbocycles. The van der Waals surface area contributed by atoms with Crippen molar-refractivity contribution in [2.45, 2.75) is 27.7 Å². The molecule has 0 bridgehead atoms. The Labute approximate surface area is 114 Å². The molecule has 0 spiro atoms. The molecule has 0 radical (unpaired) electrons. The number of aromatic nitrogens is 3. The van der Waals surface area contributed by atoms with Crippen molar-refractivity contribution in [2.24, 2.45) is 0 Å². The highest BCUT2D eigenvalue weighted by Gasteiger charge is 2.14. The molecule has 2 aromatic rings. The molecule has 102 valence electrons. The second-order valence-corrected chi connectivity index (χ2v) is 4.64. The van der Waals surface area contributed by atoms with Gasteiger partial charge in [-0.05, 0) is 44.9 Å². The number of hydrogen-bond acceptors (Lipinski definition) is 4. The topological polar surface area (TPSA) is 60.0 Å². The third-order valence-corrected chi connectivity index (χ3v) is 3.26. The van der Waals surface area contributed by atoms with Gasteiger partial charge < -0.3 is 10.6 Å². The lowest BCUT2D eigenvalue weighted by Crippen LogP contribution is -2.23. The van der Waals surface area contributed by atoms with Crippen LogP contribution in [0.3, 0.4) is 0 Å². The van der Waals surface area contributed by atoms with Gasteiger partial charge in [-0.15, -0.1) is 5.10 Å². The highest BCUT2D eigenvalue weighted by Crippen LogP contribution is 2.20. The van der Waals surface area contributed by atoms with Crippen LogP contribution in [0, 0.1) is 13.8 Å². The van der Waals surface area contributed by atoms with Crippen LogP contribution in [-0.4, -0.2) is 27.9 Å². The maximum Gasteiger partial charge on any atom is 0.246 e. The molecule has 1 heterocycles. The Morgan fingerprint density at radius 1 is 1.21 bits per heavy atom. The molecular formula is C14H21N5. The number of hydrogen-bond donors (Lipinski definition) is 1. The lowest BCUT2D eigenvalue weighted by molar-refractivity contribution is 0.801. The molecule has 0 saturated heterocycles. The highest BCUT2D eigenvalue weighted by atomic mass is 15.4. The number of nitrogen functional groups attached to an aromatic ring is 1. The molecule has 1 aromatic heterocycles. The summed E-state index contributed by atoms with van der Waals surface area (Å²) < 4.78 is 1.72. The number of nitrogens with two attached hydrogens (primary N) is 1. The van der Waals surface area contributed by atoms with Gasteiger partial charge in [0.1, 0.15) is 0 Å². The molecule has 5 nitrogen and oxygen atoms in total. The summed E-state index contributed by atoms with van der Waals surface area (Å²) in [4.78, 5) is 6.44. The summed E-state index contributed by atoms with van der Waals surface area (Å²) in [6.45, 7) is 10.0. The standard InChI is InChI=1S/C14H21N5/c1-5-18(6-2)14-16-13(15)19(17-14)12-9-10(3)7-8-11(12)4/h7-9H,5-6H2,1-4H3,(H2,15,16,17). The molecule has 0 unspecified atom stereocenters. The van der Waals surface area contributed by atoms with E-state index in [0.29, 0.717) is 11.9 Å². The van der Waals surface area contributed by atoms with E-state index in [0.717, 1.165) is 24.3 Å². The lowest BCUT2D eigenvalue weighted by atomic mass is 10.1. The lowest BCUT2D eigenvalue weighted by Gasteiger charge is -2.15. The Kier molecular flexibility index (Phi) is 3.74. The number of benzene rings is 1. The Hall–Kier alpha value is -2.04. The Balaban J connectivity index is 2.48. The molecule has 0 fully saturated rings. The predicted molar refractivity (Wildman–Crippen MR) is 78.8 cm³/mol. The van der Waals surface area contributed by atoms with Crippen molar-refractivity contribution in [3.05, 3.63) is 29.3 Å². The second kappa shape index (κ2) is 5.30. The molecule has 19 heavy (non-hydrogen) atoms. The van der Waals surface area contributed by atoms with E-state index >= 15 is 0 Å². The van der Waals surface area contributed by atoms with E-state index in [2.05, 4.69) is 54.0 Å². The minimum absolute atomic E-state index is 0.426. The molecule has 2 rings (SSSR count). The van der Waals surface area contributed by atoms with Crippen LogP contribution in [0.5, 0.6) is 0 Å². The minimum Gasteiger partial charge on any atom is -0.368 e. The van der Waals surface area contributed by atoms with Crippen molar-refractivity contribution in [1.82, 2.24) is 14.8 Å². The number of aryl methyl sites for hydroxylation is 2. The van der Waals surface area contributed by atoms with Gasteiger partial charge in [-0.3, -0.25) is 0 Å². The fourth-order valence-electron chi connectivity index (χ4n) is 2.08. The first-order valence-corrected chi connectivity index (χ1v) is 6.62. The maximum absolute atomic E-state index is 6.00. The van der Waals surface area contributed by atoms with Gasteiger partial charge in [0.2, 0.25) is 11.9 Å². The number of nitrogens with zero attached hydrogens (tertiary/aromatic N) is 4. The van der Waals surface area contributed by atoms with Crippen LogP contribution in [0.1, 0.15) is 25.0 Å². The monoisotopic (exact) mass is 259 g/mol. The van der Waals surface area contributed by atoms with E-state index in [1.54, 1.807) is 4.68 Å². The predicted octanol–water partition coefficient (Wildman–Crippen LogP) is 2.31. The Morgan fingerprint density at radius 3 is 2.53 bits per heavy atom. The van der Waals surface area contributed by atoms with Crippen molar-refractivity contribution in [1.29, 1.82) is 0 Å². The molecule has 5 heteroatoms. The maximum atomic E-state index is 6.00. The second-order valence-electron chi connectivity index (χ2n) is 4.64. The highest BCUT2D eigenvalue weighted by molar-refractivity contribution is 5.48. The van der Waals surface area contributed by atoms with Gasteiger partial charge >= 0.3 is 0 Å². The Morgan fingerprint density at radius 2 is 1.89 bits per heavy atom. The number of rotatable bonds is 4. The van der Waals surface area contributed by atoms with E-state index in [9.17, 15) is 0 Å². The van der Waals surface area contributed by atoms with Crippen LogP contribution >= 0.6 is 0 Å². The zero-order valence-corrected chi connectivity index (χ0v) is 12.0. The summed E-state index contributed by atoms with van der Waals surface area (Å²) in [6, 6.07) is 6.23. The van der Waals surface area contributed by atoms with Crippen molar-refractivity contribution in [3.63, 3.8) is 0 Å². The first-order valence-electron chi connectivity index (χ1n) is 6.62. The molecular weight excluding hydrogens is 238 g/mol. The normalized spacial score (nSPS) is 10.7. The van der Waals surface area contributed by atoms with Gasteiger partial charge in [0.05, 0.1) is 5.69 Å². The summed E-state index contributed by atoms with van der Waals surface area (Å²) in [5, 5.41) is 4.53. The van der Waals surface area contributed by atoms with Gasteiger partial charge in [0.25, 0.3) is 0 Å². The van der Waals surface area contributed by atoms with Crippen LogP contribution in [-0.2, 0) is 0 Å². The molecule has 0 aliphatic heterocycles. The molecule has 0 aliphatic carbocycles. The summed E-state index contributed by atoms with van der Waals surface area (Å²) >= 11 is 0. The van der Waals surface area contributed by atoms with Crippen molar-refractivity contribution < 1.29 is 0 Å². The molecule has 0 atom stereocenters. The minimum atomic E-state index is 0.426. The smallest absolute Gasteiger partial charge is 0.246 e. The van der Waals surface area contributed by atoms with E-state index in [1.165, 1.54) is 5.56 Å². The zero-order valence-electron chi connectivity index (χ0n) is 12.0. The van der Waals surface area contributed by atoms with Crippen molar-refractivity contribution >= 4 is 11.9 Å². The average molecular weight is 259 g/mol. The van der Waals surface area contributed by atoms with E-state index in [4.69, 9.17) is 5.73 Å². The van der Waals surface area contributed by atoms with Gasteiger partial charge in [0.15, 0.2) is 0 Å². The first-order chi connectivity index (χ1) is 9.06. The van der Waals surface area contributed by atoms with Crippen molar-refractivity contribution in [2.75, 3.05) is 23.7 Å². The molecule has 0 amide bonds. The molecule has 0 aliphatic rings. The summed E-state index contributed by atoms with van der Waals surface area (Å²) in [7, 11) is 0. The quantitative estimate of drug-likeness (QED) is 0.915. The molecule has 2 N–H and O–H groups in total. The molecule has 1 aromatic carbocycles. The SMILES string of the molecule is CCN(CC)c1nc(N)n(-c2cc(C)ccc2C)n1. The fraction of sp³-hybridized carbons (Fsp3) is 0.429. The van der Waals surface area contributed by atoms with Gasteiger partial charge in [-0.25, -0.2) is 0 Å². The van der Waals surface area contributed by atoms with E-state index in [1.807, 2.05) is 6.92 Å². The van der Waals surface area contributed by atoms with E-state index in [-0.39, 0.29) is 0 Å². The largest absolute Gasteiger partial charge is 0.368 e.